The number of ether oxygens (including phenoxy) is 1. The molecule has 0 amide bonds. The van der Waals surface area contributed by atoms with E-state index < -0.39 is 10.0 Å². The maximum absolute atomic E-state index is 12.7. The van der Waals surface area contributed by atoms with E-state index in [1.807, 2.05) is 13.8 Å². The van der Waals surface area contributed by atoms with E-state index >= 15 is 0 Å². The second-order valence-electron chi connectivity index (χ2n) is 5.05. The van der Waals surface area contributed by atoms with Crippen LogP contribution in [0.2, 0.25) is 0 Å². The average molecular weight is 316 g/mol. The highest BCUT2D eigenvalue weighted by Crippen LogP contribution is 2.21. The van der Waals surface area contributed by atoms with Crippen molar-refractivity contribution in [2.24, 2.45) is 0 Å². The maximum Gasteiger partial charge on any atom is 0.246 e. The van der Waals surface area contributed by atoms with Crippen molar-refractivity contribution in [2.45, 2.75) is 37.8 Å². The Labute approximate surface area is 126 Å². The zero-order valence-corrected chi connectivity index (χ0v) is 13.5. The standard InChI is InChI=1S/C13H24N4O3S/c1-3-12-11-20-8-7-17(12)21(18,19)13-9-15-16(10-13)6-5-14-4-2/h9-10,12,14H,3-8,11H2,1-2H3. The number of morpholine rings is 1. The first-order valence-corrected chi connectivity index (χ1v) is 8.86. The molecular formula is C13H24N4O3S. The van der Waals surface area contributed by atoms with E-state index in [2.05, 4.69) is 10.4 Å². The van der Waals surface area contributed by atoms with Gasteiger partial charge in [-0.3, -0.25) is 4.68 Å². The smallest absolute Gasteiger partial charge is 0.246 e. The largest absolute Gasteiger partial charge is 0.378 e. The van der Waals surface area contributed by atoms with E-state index in [-0.39, 0.29) is 10.9 Å². The second-order valence-corrected chi connectivity index (χ2v) is 6.94. The number of aromatic nitrogens is 2. The van der Waals surface area contributed by atoms with E-state index in [0.29, 0.717) is 26.3 Å². The Balaban J connectivity index is 2.11. The van der Waals surface area contributed by atoms with Crippen LogP contribution in [0.3, 0.4) is 0 Å². The van der Waals surface area contributed by atoms with E-state index in [4.69, 9.17) is 4.74 Å². The van der Waals surface area contributed by atoms with Crippen LogP contribution < -0.4 is 5.32 Å². The van der Waals surface area contributed by atoms with Crippen LogP contribution in [0.4, 0.5) is 0 Å². The van der Waals surface area contributed by atoms with Gasteiger partial charge >= 0.3 is 0 Å². The molecular weight excluding hydrogens is 292 g/mol. The molecule has 0 saturated carbocycles. The SMILES string of the molecule is CCNCCn1cc(S(=O)(=O)N2CCOCC2CC)cn1. The Morgan fingerprint density at radius 1 is 1.48 bits per heavy atom. The van der Waals surface area contributed by atoms with Gasteiger partial charge in [0.15, 0.2) is 0 Å². The molecule has 0 aromatic carbocycles. The van der Waals surface area contributed by atoms with Crippen molar-refractivity contribution in [3.63, 3.8) is 0 Å². The second kappa shape index (κ2) is 7.35. The molecule has 21 heavy (non-hydrogen) atoms. The van der Waals surface area contributed by atoms with Crippen molar-refractivity contribution in [1.29, 1.82) is 0 Å². The first-order chi connectivity index (χ1) is 10.1. The summed E-state index contributed by atoms with van der Waals surface area (Å²) in [5.74, 6) is 0. The molecule has 1 fully saturated rings. The highest BCUT2D eigenvalue weighted by molar-refractivity contribution is 7.89. The molecule has 8 heteroatoms. The van der Waals surface area contributed by atoms with Gasteiger partial charge in [-0.05, 0) is 13.0 Å². The van der Waals surface area contributed by atoms with Crippen molar-refractivity contribution in [2.75, 3.05) is 32.8 Å². The number of nitrogens with one attached hydrogen (secondary N) is 1. The van der Waals surface area contributed by atoms with Crippen LogP contribution in [-0.4, -0.2) is 61.4 Å². The first kappa shape index (κ1) is 16.4. The number of sulfonamides is 1. The lowest BCUT2D eigenvalue weighted by molar-refractivity contribution is 0.0314. The van der Waals surface area contributed by atoms with Gasteiger partial charge in [0.05, 0.1) is 26.0 Å². The third-order valence-corrected chi connectivity index (χ3v) is 5.53. The van der Waals surface area contributed by atoms with Crippen LogP contribution in [0.5, 0.6) is 0 Å². The van der Waals surface area contributed by atoms with Crippen molar-refractivity contribution in [3.05, 3.63) is 12.4 Å². The molecule has 0 radical (unpaired) electrons. The van der Waals surface area contributed by atoms with Gasteiger partial charge in [0.1, 0.15) is 4.90 Å². The van der Waals surface area contributed by atoms with Gasteiger partial charge in [-0.2, -0.15) is 9.40 Å². The summed E-state index contributed by atoms with van der Waals surface area (Å²) in [6.45, 7) is 7.64. The minimum Gasteiger partial charge on any atom is -0.378 e. The number of nitrogens with zero attached hydrogens (tertiary/aromatic N) is 3. The van der Waals surface area contributed by atoms with Gasteiger partial charge in [0, 0.05) is 25.3 Å². The van der Waals surface area contributed by atoms with Gasteiger partial charge in [-0.1, -0.05) is 13.8 Å². The lowest BCUT2D eigenvalue weighted by atomic mass is 10.2. The monoisotopic (exact) mass is 316 g/mol. The Hall–Kier alpha value is -0.960. The third-order valence-electron chi connectivity index (χ3n) is 3.63. The van der Waals surface area contributed by atoms with Crippen molar-refractivity contribution >= 4 is 10.0 Å². The predicted octanol–water partition coefficient (Wildman–Crippen LogP) is 0.292. The molecule has 120 valence electrons. The van der Waals surface area contributed by atoms with E-state index in [0.717, 1.165) is 19.5 Å². The molecule has 7 nitrogen and oxygen atoms in total. The fourth-order valence-corrected chi connectivity index (χ4v) is 4.01. The predicted molar refractivity (Wildman–Crippen MR) is 79.6 cm³/mol. The summed E-state index contributed by atoms with van der Waals surface area (Å²) in [5.41, 5.74) is 0. The zero-order valence-electron chi connectivity index (χ0n) is 12.7. The topological polar surface area (TPSA) is 76.5 Å². The number of rotatable bonds is 7. The van der Waals surface area contributed by atoms with Crippen LogP contribution in [0, 0.1) is 0 Å². The molecule has 1 aromatic heterocycles. The molecule has 1 unspecified atom stereocenters. The molecule has 0 spiro atoms. The highest BCUT2D eigenvalue weighted by Gasteiger charge is 2.33. The van der Waals surface area contributed by atoms with Crippen molar-refractivity contribution in [1.82, 2.24) is 19.4 Å². The molecule has 1 N–H and O–H groups in total. The summed E-state index contributed by atoms with van der Waals surface area (Å²) >= 11 is 0. The molecule has 1 aliphatic rings. The molecule has 1 saturated heterocycles. The fraction of sp³-hybridized carbons (Fsp3) is 0.769. The summed E-state index contributed by atoms with van der Waals surface area (Å²) in [7, 11) is -3.48. The van der Waals surface area contributed by atoms with E-state index in [1.165, 1.54) is 6.20 Å². The quantitative estimate of drug-likeness (QED) is 0.732. The Morgan fingerprint density at radius 3 is 3.00 bits per heavy atom. The van der Waals surface area contributed by atoms with Gasteiger partial charge < -0.3 is 10.1 Å². The Morgan fingerprint density at radius 2 is 2.29 bits per heavy atom. The summed E-state index contributed by atoms with van der Waals surface area (Å²) in [6, 6.07) is -0.0890. The number of likely N-dealkylation sites (N-methyl/N-ethyl adjacent to an activating group) is 1. The number of hydrogen-bond acceptors (Lipinski definition) is 5. The van der Waals surface area contributed by atoms with Gasteiger partial charge in [0.25, 0.3) is 0 Å². The van der Waals surface area contributed by atoms with Crippen LogP contribution in [0.1, 0.15) is 20.3 Å². The van der Waals surface area contributed by atoms with Crippen LogP contribution >= 0.6 is 0 Å². The Kier molecular flexibility index (Phi) is 5.74. The minimum absolute atomic E-state index is 0.0890. The number of hydrogen-bond donors (Lipinski definition) is 1. The van der Waals surface area contributed by atoms with Crippen molar-refractivity contribution in [3.8, 4) is 0 Å². The van der Waals surface area contributed by atoms with Crippen LogP contribution in [-0.2, 0) is 21.3 Å². The summed E-state index contributed by atoms with van der Waals surface area (Å²) in [5, 5.41) is 7.33. The van der Waals surface area contributed by atoms with Crippen LogP contribution in [0.15, 0.2) is 17.3 Å². The molecule has 2 rings (SSSR count). The average Bonchev–Trinajstić information content (AvgIpc) is 2.97. The third kappa shape index (κ3) is 3.82. The molecule has 0 bridgehead atoms. The van der Waals surface area contributed by atoms with Gasteiger partial charge in [-0.15, -0.1) is 0 Å². The molecule has 2 heterocycles. The summed E-state index contributed by atoms with van der Waals surface area (Å²) in [4.78, 5) is 0.263. The lowest BCUT2D eigenvalue weighted by Gasteiger charge is -2.33. The zero-order chi connectivity index (χ0) is 15.3. The molecule has 1 aliphatic heterocycles. The normalized spacial score (nSPS) is 20.8. The maximum atomic E-state index is 12.7. The van der Waals surface area contributed by atoms with Crippen LogP contribution in [0.25, 0.3) is 0 Å². The minimum atomic E-state index is -3.48. The van der Waals surface area contributed by atoms with E-state index in [9.17, 15) is 8.42 Å². The van der Waals surface area contributed by atoms with Crippen molar-refractivity contribution < 1.29 is 13.2 Å². The lowest BCUT2D eigenvalue weighted by Crippen LogP contribution is -2.48. The summed E-state index contributed by atoms with van der Waals surface area (Å²) < 4.78 is 34.0. The highest BCUT2D eigenvalue weighted by atomic mass is 32.2. The Bertz CT molecular complexity index is 543. The molecule has 0 aliphatic carbocycles. The van der Waals surface area contributed by atoms with E-state index in [1.54, 1.807) is 15.2 Å². The fourth-order valence-electron chi connectivity index (χ4n) is 2.38. The molecule has 1 atom stereocenters. The summed E-state index contributed by atoms with van der Waals surface area (Å²) in [6.07, 6.45) is 3.78. The first-order valence-electron chi connectivity index (χ1n) is 7.42. The van der Waals surface area contributed by atoms with Gasteiger partial charge in [0.2, 0.25) is 10.0 Å². The van der Waals surface area contributed by atoms with Gasteiger partial charge in [-0.25, -0.2) is 8.42 Å². The molecule has 1 aromatic rings.